The summed E-state index contributed by atoms with van der Waals surface area (Å²) >= 11 is 0. The number of hydrogen-bond donors (Lipinski definition) is 3. The largest absolute Gasteiger partial charge is 0.326 e. The van der Waals surface area contributed by atoms with Crippen LogP contribution in [0.5, 0.6) is 0 Å². The molecule has 0 spiro atoms. The van der Waals surface area contributed by atoms with Gasteiger partial charge in [-0.2, -0.15) is 0 Å². The lowest BCUT2D eigenvalue weighted by molar-refractivity contribution is -0.117. The Labute approximate surface area is 112 Å². The molecule has 0 saturated carbocycles. The number of amides is 2. The van der Waals surface area contributed by atoms with E-state index in [1.807, 2.05) is 19.9 Å². The number of nitrogens with two attached hydrogens (primary N) is 1. The van der Waals surface area contributed by atoms with Crippen LogP contribution in [0.4, 0.5) is 11.4 Å². The summed E-state index contributed by atoms with van der Waals surface area (Å²) in [5.41, 5.74) is 8.22. The van der Waals surface area contributed by atoms with Gasteiger partial charge in [0.1, 0.15) is 0 Å². The highest BCUT2D eigenvalue weighted by Crippen LogP contribution is 2.26. The first kappa shape index (κ1) is 13.5. The van der Waals surface area contributed by atoms with Crippen LogP contribution in [0.1, 0.15) is 25.8 Å². The molecule has 5 nitrogen and oxygen atoms in total. The van der Waals surface area contributed by atoms with E-state index in [-0.39, 0.29) is 11.8 Å². The van der Waals surface area contributed by atoms with Crippen LogP contribution < -0.4 is 16.4 Å². The van der Waals surface area contributed by atoms with Crippen LogP contribution in [0, 0.1) is 5.92 Å². The molecule has 19 heavy (non-hydrogen) atoms. The molecule has 1 aliphatic rings. The van der Waals surface area contributed by atoms with Crippen LogP contribution in [0.15, 0.2) is 18.2 Å². The van der Waals surface area contributed by atoms with Gasteiger partial charge in [0.05, 0.1) is 12.5 Å². The third-order valence-electron chi connectivity index (χ3n) is 3.06. The van der Waals surface area contributed by atoms with Gasteiger partial charge in [0.15, 0.2) is 0 Å². The minimum absolute atomic E-state index is 0.0185. The second kappa shape index (κ2) is 5.40. The molecule has 0 bridgehead atoms. The first-order valence-electron chi connectivity index (χ1n) is 6.45. The molecule has 0 fully saturated rings. The molecule has 0 aliphatic carbocycles. The zero-order valence-electron chi connectivity index (χ0n) is 11.2. The predicted molar refractivity (Wildman–Crippen MR) is 74.8 cm³/mol. The normalized spacial score (nSPS) is 15.1. The van der Waals surface area contributed by atoms with Crippen molar-refractivity contribution in [2.45, 2.75) is 32.7 Å². The molecule has 1 heterocycles. The Kier molecular flexibility index (Phi) is 3.85. The van der Waals surface area contributed by atoms with Crippen molar-refractivity contribution >= 4 is 23.2 Å². The Morgan fingerprint density at radius 1 is 1.47 bits per heavy atom. The Morgan fingerprint density at radius 2 is 2.21 bits per heavy atom. The highest BCUT2D eigenvalue weighted by atomic mass is 16.2. The minimum Gasteiger partial charge on any atom is -0.326 e. The van der Waals surface area contributed by atoms with Crippen LogP contribution in [0.3, 0.4) is 0 Å². The number of carbonyl (C=O) groups is 2. The lowest BCUT2D eigenvalue weighted by Gasteiger charge is -2.14. The lowest BCUT2D eigenvalue weighted by Crippen LogP contribution is -2.36. The van der Waals surface area contributed by atoms with E-state index in [1.165, 1.54) is 0 Å². The van der Waals surface area contributed by atoms with Gasteiger partial charge < -0.3 is 16.4 Å². The van der Waals surface area contributed by atoms with Crippen molar-refractivity contribution in [3.8, 4) is 0 Å². The van der Waals surface area contributed by atoms with Crippen molar-refractivity contribution in [2.24, 2.45) is 11.7 Å². The van der Waals surface area contributed by atoms with Gasteiger partial charge in [-0.25, -0.2) is 0 Å². The van der Waals surface area contributed by atoms with Gasteiger partial charge in [0.2, 0.25) is 11.8 Å². The Morgan fingerprint density at radius 3 is 2.89 bits per heavy atom. The second-order valence-electron chi connectivity index (χ2n) is 5.32. The van der Waals surface area contributed by atoms with Gasteiger partial charge >= 0.3 is 0 Å². The van der Waals surface area contributed by atoms with Crippen LogP contribution in [0.25, 0.3) is 0 Å². The third kappa shape index (κ3) is 3.32. The summed E-state index contributed by atoms with van der Waals surface area (Å²) < 4.78 is 0. The molecule has 2 rings (SSSR count). The van der Waals surface area contributed by atoms with Gasteiger partial charge in [0.25, 0.3) is 0 Å². The molecule has 2 amide bonds. The molecule has 5 heteroatoms. The zero-order valence-corrected chi connectivity index (χ0v) is 11.2. The highest BCUT2D eigenvalue weighted by Gasteiger charge is 2.19. The maximum Gasteiger partial charge on any atom is 0.241 e. The number of hydrogen-bond acceptors (Lipinski definition) is 3. The third-order valence-corrected chi connectivity index (χ3v) is 3.06. The quantitative estimate of drug-likeness (QED) is 0.767. The molecule has 1 aliphatic heterocycles. The summed E-state index contributed by atoms with van der Waals surface area (Å²) in [6.07, 6.45) is 1.01. The first-order valence-corrected chi connectivity index (χ1v) is 6.45. The minimum atomic E-state index is -0.506. The van der Waals surface area contributed by atoms with Gasteiger partial charge in [-0.1, -0.05) is 13.8 Å². The molecular weight excluding hydrogens is 242 g/mol. The van der Waals surface area contributed by atoms with E-state index in [0.29, 0.717) is 24.4 Å². The summed E-state index contributed by atoms with van der Waals surface area (Å²) in [6, 6.07) is 4.87. The highest BCUT2D eigenvalue weighted by molar-refractivity contribution is 6.00. The number of benzene rings is 1. The summed E-state index contributed by atoms with van der Waals surface area (Å²) in [7, 11) is 0. The first-order chi connectivity index (χ1) is 8.95. The van der Waals surface area contributed by atoms with Gasteiger partial charge in [-0.15, -0.1) is 0 Å². The number of fused-ring (bicyclic) bond motifs is 1. The molecule has 1 aromatic rings. The summed E-state index contributed by atoms with van der Waals surface area (Å²) in [6.45, 7) is 4.06. The van der Waals surface area contributed by atoms with E-state index >= 15 is 0 Å². The fourth-order valence-electron chi connectivity index (χ4n) is 2.16. The zero-order chi connectivity index (χ0) is 14.0. The molecule has 0 saturated heterocycles. The number of carbonyl (C=O) groups excluding carboxylic acids is 2. The molecule has 102 valence electrons. The molecule has 0 radical (unpaired) electrons. The topological polar surface area (TPSA) is 84.2 Å². The monoisotopic (exact) mass is 261 g/mol. The summed E-state index contributed by atoms with van der Waals surface area (Å²) in [4.78, 5) is 23.1. The SMILES string of the molecule is CC(C)C[C@H](N)C(=O)Nc1ccc2c(c1)CC(=O)N2. The van der Waals surface area contributed by atoms with Crippen molar-refractivity contribution in [1.29, 1.82) is 0 Å². The van der Waals surface area contributed by atoms with E-state index in [4.69, 9.17) is 5.73 Å². The van der Waals surface area contributed by atoms with Crippen molar-refractivity contribution in [2.75, 3.05) is 10.6 Å². The van der Waals surface area contributed by atoms with Crippen LogP contribution in [0.2, 0.25) is 0 Å². The van der Waals surface area contributed by atoms with Crippen LogP contribution in [-0.4, -0.2) is 17.9 Å². The van der Waals surface area contributed by atoms with Gasteiger partial charge in [0, 0.05) is 11.4 Å². The van der Waals surface area contributed by atoms with Gasteiger partial charge in [-0.05, 0) is 36.1 Å². The molecule has 0 aromatic heterocycles. The molecule has 4 N–H and O–H groups in total. The predicted octanol–water partition coefficient (Wildman–Crippen LogP) is 1.49. The van der Waals surface area contributed by atoms with E-state index < -0.39 is 6.04 Å². The van der Waals surface area contributed by atoms with E-state index in [9.17, 15) is 9.59 Å². The Balaban J connectivity index is 2.02. The van der Waals surface area contributed by atoms with Crippen molar-refractivity contribution < 1.29 is 9.59 Å². The maximum atomic E-state index is 11.9. The average Bonchev–Trinajstić information content (AvgIpc) is 2.67. The fourth-order valence-corrected chi connectivity index (χ4v) is 2.16. The smallest absolute Gasteiger partial charge is 0.241 e. The van der Waals surface area contributed by atoms with Crippen LogP contribution >= 0.6 is 0 Å². The second-order valence-corrected chi connectivity index (χ2v) is 5.32. The summed E-state index contributed by atoms with van der Waals surface area (Å²) in [5, 5.41) is 5.54. The molecule has 0 unspecified atom stereocenters. The van der Waals surface area contributed by atoms with Crippen molar-refractivity contribution in [1.82, 2.24) is 0 Å². The van der Waals surface area contributed by atoms with E-state index in [2.05, 4.69) is 10.6 Å². The van der Waals surface area contributed by atoms with Crippen molar-refractivity contribution in [3.63, 3.8) is 0 Å². The summed E-state index contributed by atoms with van der Waals surface area (Å²) in [5.74, 6) is 0.170. The number of anilines is 2. The van der Waals surface area contributed by atoms with E-state index in [0.717, 1.165) is 11.3 Å². The standard InChI is InChI=1S/C14H19N3O2/c1-8(2)5-11(15)14(19)16-10-3-4-12-9(6-10)7-13(18)17-12/h3-4,6,8,11H,5,7,15H2,1-2H3,(H,16,19)(H,17,18)/t11-/m0/s1. The average molecular weight is 261 g/mol. The van der Waals surface area contributed by atoms with Gasteiger partial charge in [-0.3, -0.25) is 9.59 Å². The number of nitrogens with one attached hydrogen (secondary N) is 2. The maximum absolute atomic E-state index is 11.9. The molecule has 1 aromatic carbocycles. The molecular formula is C14H19N3O2. The lowest BCUT2D eigenvalue weighted by atomic mass is 10.0. The van der Waals surface area contributed by atoms with Crippen LogP contribution in [-0.2, 0) is 16.0 Å². The van der Waals surface area contributed by atoms with E-state index in [1.54, 1.807) is 12.1 Å². The van der Waals surface area contributed by atoms with Crippen molar-refractivity contribution in [3.05, 3.63) is 23.8 Å². The Bertz CT molecular complexity index is 511. The molecule has 1 atom stereocenters. The fraction of sp³-hybridized carbons (Fsp3) is 0.429. The Hall–Kier alpha value is -1.88. The number of rotatable bonds is 4.